The van der Waals surface area contributed by atoms with Gasteiger partial charge < -0.3 is 0 Å². The van der Waals surface area contributed by atoms with Crippen LogP contribution in [-0.4, -0.2) is 5.78 Å². The van der Waals surface area contributed by atoms with Crippen LogP contribution in [0.3, 0.4) is 0 Å². The molecule has 0 aliphatic heterocycles. The van der Waals surface area contributed by atoms with Crippen LogP contribution < -0.4 is 0 Å². The summed E-state index contributed by atoms with van der Waals surface area (Å²) in [5.74, 6) is 0.359. The average molecular weight is 230 g/mol. The second kappa shape index (κ2) is 4.64. The zero-order chi connectivity index (χ0) is 12.5. The lowest BCUT2D eigenvalue weighted by molar-refractivity contribution is -0.126. The number of ketones is 1. The van der Waals surface area contributed by atoms with E-state index in [1.807, 2.05) is 20.8 Å². The number of aryl methyl sites for hydroxylation is 3. The summed E-state index contributed by atoms with van der Waals surface area (Å²) in [6, 6.07) is 6.75. The fourth-order valence-electron chi connectivity index (χ4n) is 2.41. The van der Waals surface area contributed by atoms with Crippen LogP contribution in [0, 0.1) is 5.41 Å². The van der Waals surface area contributed by atoms with Gasteiger partial charge in [0, 0.05) is 11.8 Å². The number of rotatable bonds is 3. The van der Waals surface area contributed by atoms with Gasteiger partial charge in [0.1, 0.15) is 5.78 Å². The van der Waals surface area contributed by atoms with Gasteiger partial charge in [-0.25, -0.2) is 0 Å². The Morgan fingerprint density at radius 3 is 2.59 bits per heavy atom. The van der Waals surface area contributed by atoms with E-state index in [2.05, 4.69) is 18.2 Å². The Morgan fingerprint density at radius 1 is 1.18 bits per heavy atom. The summed E-state index contributed by atoms with van der Waals surface area (Å²) in [5, 5.41) is 0. The minimum absolute atomic E-state index is 0.198. The molecule has 92 valence electrons. The van der Waals surface area contributed by atoms with Gasteiger partial charge in [-0.15, -0.1) is 0 Å². The van der Waals surface area contributed by atoms with Crippen molar-refractivity contribution in [2.45, 2.75) is 52.9 Å². The van der Waals surface area contributed by atoms with E-state index in [0.29, 0.717) is 12.2 Å². The van der Waals surface area contributed by atoms with Crippen LogP contribution in [0.5, 0.6) is 0 Å². The molecule has 1 aliphatic carbocycles. The molecule has 0 atom stereocenters. The third kappa shape index (κ3) is 2.96. The molecule has 1 nitrogen and oxygen atoms in total. The predicted molar refractivity (Wildman–Crippen MR) is 71.3 cm³/mol. The summed E-state index contributed by atoms with van der Waals surface area (Å²) in [4.78, 5) is 11.9. The number of carbonyl (C=O) groups is 1. The van der Waals surface area contributed by atoms with E-state index < -0.39 is 0 Å². The first-order valence-corrected chi connectivity index (χ1v) is 6.61. The van der Waals surface area contributed by atoms with Gasteiger partial charge in [0.15, 0.2) is 0 Å². The summed E-state index contributed by atoms with van der Waals surface area (Å²) >= 11 is 0. The summed E-state index contributed by atoms with van der Waals surface area (Å²) in [6.45, 7) is 5.99. The summed E-state index contributed by atoms with van der Waals surface area (Å²) in [5.41, 5.74) is 4.14. The maximum atomic E-state index is 11.9. The van der Waals surface area contributed by atoms with Crippen molar-refractivity contribution in [1.82, 2.24) is 0 Å². The van der Waals surface area contributed by atoms with Gasteiger partial charge in [0.2, 0.25) is 0 Å². The van der Waals surface area contributed by atoms with Crippen molar-refractivity contribution in [2.75, 3.05) is 0 Å². The maximum Gasteiger partial charge on any atom is 0.138 e. The number of benzene rings is 1. The molecule has 0 fully saturated rings. The fourth-order valence-corrected chi connectivity index (χ4v) is 2.41. The molecular weight excluding hydrogens is 208 g/mol. The number of Topliss-reactive ketones (excluding diaryl/α,β-unsaturated/α-hetero) is 1. The molecule has 0 heterocycles. The predicted octanol–water partition coefficient (Wildman–Crippen LogP) is 3.72. The Morgan fingerprint density at radius 2 is 1.88 bits per heavy atom. The Balaban J connectivity index is 1.98. The van der Waals surface area contributed by atoms with Gasteiger partial charge in [-0.2, -0.15) is 0 Å². The highest BCUT2D eigenvalue weighted by atomic mass is 16.1. The van der Waals surface area contributed by atoms with Crippen LogP contribution in [0.4, 0.5) is 0 Å². The first-order chi connectivity index (χ1) is 7.97. The van der Waals surface area contributed by atoms with Crippen LogP contribution in [0.1, 0.15) is 50.3 Å². The quantitative estimate of drug-likeness (QED) is 0.773. The number of hydrogen-bond donors (Lipinski definition) is 0. The van der Waals surface area contributed by atoms with Crippen LogP contribution in [0.15, 0.2) is 18.2 Å². The third-order valence-corrected chi connectivity index (χ3v) is 3.64. The van der Waals surface area contributed by atoms with E-state index in [9.17, 15) is 4.79 Å². The molecule has 1 heteroatoms. The van der Waals surface area contributed by atoms with Crippen molar-refractivity contribution in [2.24, 2.45) is 5.41 Å². The van der Waals surface area contributed by atoms with Gasteiger partial charge in [0.05, 0.1) is 0 Å². The van der Waals surface area contributed by atoms with Gasteiger partial charge >= 0.3 is 0 Å². The fraction of sp³-hybridized carbons (Fsp3) is 0.562. The van der Waals surface area contributed by atoms with E-state index in [4.69, 9.17) is 0 Å². The van der Waals surface area contributed by atoms with Gasteiger partial charge in [-0.05, 0) is 42.4 Å². The lowest BCUT2D eigenvalue weighted by Gasteiger charge is -2.16. The van der Waals surface area contributed by atoms with Crippen LogP contribution in [0.2, 0.25) is 0 Å². The molecule has 0 saturated carbocycles. The monoisotopic (exact) mass is 230 g/mol. The van der Waals surface area contributed by atoms with Gasteiger partial charge in [-0.1, -0.05) is 39.0 Å². The molecule has 0 amide bonds. The molecule has 0 aromatic heterocycles. The molecule has 1 aliphatic rings. The summed E-state index contributed by atoms with van der Waals surface area (Å²) in [6.07, 6.45) is 5.30. The lowest BCUT2D eigenvalue weighted by Crippen LogP contribution is -2.20. The van der Waals surface area contributed by atoms with E-state index in [-0.39, 0.29) is 5.41 Å². The molecule has 0 saturated heterocycles. The molecule has 2 rings (SSSR count). The van der Waals surface area contributed by atoms with Crippen LogP contribution in [0.25, 0.3) is 0 Å². The van der Waals surface area contributed by atoms with Crippen molar-refractivity contribution in [1.29, 1.82) is 0 Å². The maximum absolute atomic E-state index is 11.9. The summed E-state index contributed by atoms with van der Waals surface area (Å²) in [7, 11) is 0. The minimum Gasteiger partial charge on any atom is -0.299 e. The highest BCUT2D eigenvalue weighted by Crippen LogP contribution is 2.24. The molecule has 0 unspecified atom stereocenters. The molecule has 1 aromatic carbocycles. The Kier molecular flexibility index (Phi) is 3.37. The van der Waals surface area contributed by atoms with Gasteiger partial charge in [-0.3, -0.25) is 4.79 Å². The second-order valence-electron chi connectivity index (χ2n) is 6.13. The van der Waals surface area contributed by atoms with Crippen molar-refractivity contribution < 1.29 is 4.79 Å². The first-order valence-electron chi connectivity index (χ1n) is 6.61. The molecule has 0 spiro atoms. The summed E-state index contributed by atoms with van der Waals surface area (Å²) < 4.78 is 0. The first kappa shape index (κ1) is 12.3. The zero-order valence-corrected chi connectivity index (χ0v) is 11.2. The van der Waals surface area contributed by atoms with Crippen molar-refractivity contribution in [3.8, 4) is 0 Å². The smallest absolute Gasteiger partial charge is 0.138 e. The highest BCUT2D eigenvalue weighted by Gasteiger charge is 2.20. The normalized spacial score (nSPS) is 14.8. The van der Waals surface area contributed by atoms with E-state index in [1.54, 1.807) is 0 Å². The standard InChI is InChI=1S/C16H22O/c1-16(2,3)15(17)10-8-12-7-9-13-5-4-6-14(13)11-12/h7,9,11H,4-6,8,10H2,1-3H3. The third-order valence-electron chi connectivity index (χ3n) is 3.64. The van der Waals surface area contributed by atoms with Crippen LogP contribution >= 0.6 is 0 Å². The van der Waals surface area contributed by atoms with Gasteiger partial charge in [0.25, 0.3) is 0 Å². The molecule has 0 N–H and O–H groups in total. The van der Waals surface area contributed by atoms with Crippen molar-refractivity contribution >= 4 is 5.78 Å². The van der Waals surface area contributed by atoms with Crippen molar-refractivity contribution in [3.05, 3.63) is 34.9 Å². The van der Waals surface area contributed by atoms with Crippen LogP contribution in [-0.2, 0) is 24.1 Å². The van der Waals surface area contributed by atoms with E-state index in [0.717, 1.165) is 6.42 Å². The Labute approximate surface area is 104 Å². The molecular formula is C16H22O. The van der Waals surface area contributed by atoms with E-state index >= 15 is 0 Å². The number of hydrogen-bond acceptors (Lipinski definition) is 1. The molecule has 1 aromatic rings. The highest BCUT2D eigenvalue weighted by molar-refractivity contribution is 5.83. The Hall–Kier alpha value is -1.11. The van der Waals surface area contributed by atoms with Crippen molar-refractivity contribution in [3.63, 3.8) is 0 Å². The Bertz CT molecular complexity index is 424. The minimum atomic E-state index is -0.198. The molecule has 0 radical (unpaired) electrons. The molecule has 0 bridgehead atoms. The largest absolute Gasteiger partial charge is 0.299 e. The average Bonchev–Trinajstić information content (AvgIpc) is 2.71. The zero-order valence-electron chi connectivity index (χ0n) is 11.2. The SMILES string of the molecule is CC(C)(C)C(=O)CCc1ccc2c(c1)CCC2. The number of carbonyl (C=O) groups excluding carboxylic acids is 1. The second-order valence-corrected chi connectivity index (χ2v) is 6.13. The number of fused-ring (bicyclic) bond motifs is 1. The van der Waals surface area contributed by atoms with E-state index in [1.165, 1.54) is 36.0 Å². The topological polar surface area (TPSA) is 17.1 Å². The molecule has 17 heavy (non-hydrogen) atoms. The lowest BCUT2D eigenvalue weighted by atomic mass is 9.87.